The highest BCUT2D eigenvalue weighted by Gasteiger charge is 2.45. The van der Waals surface area contributed by atoms with Crippen molar-refractivity contribution in [3.63, 3.8) is 0 Å². The minimum absolute atomic E-state index is 0.0358. The number of para-hydroxylation sites is 1. The van der Waals surface area contributed by atoms with Crippen molar-refractivity contribution in [2.45, 2.75) is 44.0 Å². The fourth-order valence-electron chi connectivity index (χ4n) is 5.29. The third-order valence-electron chi connectivity index (χ3n) is 7.14. The third-order valence-corrected chi connectivity index (χ3v) is 7.14. The predicted octanol–water partition coefficient (Wildman–Crippen LogP) is 0.170. The second-order valence-corrected chi connectivity index (χ2v) is 9.10. The van der Waals surface area contributed by atoms with Crippen molar-refractivity contribution in [1.82, 2.24) is 14.8 Å². The van der Waals surface area contributed by atoms with E-state index in [-0.39, 0.29) is 36.4 Å². The number of ether oxygens (including phenoxy) is 2. The van der Waals surface area contributed by atoms with Gasteiger partial charge in [-0.25, -0.2) is 0 Å². The Bertz CT molecular complexity index is 1220. The van der Waals surface area contributed by atoms with Gasteiger partial charge >= 0.3 is 5.97 Å². The Morgan fingerprint density at radius 1 is 1.14 bits per heavy atom. The van der Waals surface area contributed by atoms with Gasteiger partial charge in [-0.1, -0.05) is 18.2 Å². The molecule has 11 nitrogen and oxygen atoms in total. The van der Waals surface area contributed by atoms with E-state index in [1.165, 1.54) is 14.2 Å². The summed E-state index contributed by atoms with van der Waals surface area (Å²) in [7, 11) is 4.55. The van der Waals surface area contributed by atoms with Gasteiger partial charge < -0.3 is 34.3 Å². The molecule has 2 amide bonds. The summed E-state index contributed by atoms with van der Waals surface area (Å²) in [5.74, 6) is -1.01. The fraction of sp³-hybridized carbons (Fsp3) is 0.520. The third kappa shape index (κ3) is 4.56. The molecule has 0 aliphatic carbocycles. The van der Waals surface area contributed by atoms with Crippen LogP contribution >= 0.6 is 0 Å². The molecule has 36 heavy (non-hydrogen) atoms. The van der Waals surface area contributed by atoms with Crippen LogP contribution < -0.4 is 15.8 Å². The number of methoxy groups -OCH3 is 2. The standard InChI is InChI=1S/C25H32N4O7/c1-27-21-16-6-4-5-7-17(16)29(13-10-19(32)35-2)25(34)20(21)23(36-3)22(27)24(33)26-15-8-11-28(12-9-15)18(31)14-30/h4-7,15,22-23,30H,8-14H2,1-3H3,(H,26,33). The van der Waals surface area contributed by atoms with Crippen LogP contribution in [0.1, 0.15) is 30.9 Å². The van der Waals surface area contributed by atoms with Gasteiger partial charge in [-0.15, -0.1) is 0 Å². The second-order valence-electron chi connectivity index (χ2n) is 9.10. The SMILES string of the molecule is COC(=O)CCn1c(=O)c2c(c3ccccc31)N(C)C(C(=O)NC1CCN(C(=O)CO)CC1)C2OC. The highest BCUT2D eigenvalue weighted by Crippen LogP contribution is 2.43. The number of nitrogens with zero attached hydrogens (tertiary/aromatic N) is 3. The van der Waals surface area contributed by atoms with E-state index in [9.17, 15) is 19.2 Å². The molecule has 1 aromatic carbocycles. The molecule has 0 radical (unpaired) electrons. The summed E-state index contributed by atoms with van der Waals surface area (Å²) < 4.78 is 12.0. The smallest absolute Gasteiger partial charge is 0.307 e. The number of aromatic nitrogens is 1. The van der Waals surface area contributed by atoms with Crippen LogP contribution in [0.2, 0.25) is 0 Å². The number of carbonyl (C=O) groups is 3. The monoisotopic (exact) mass is 500 g/mol. The molecular formula is C25H32N4O7. The van der Waals surface area contributed by atoms with Crippen molar-refractivity contribution in [3.05, 3.63) is 40.2 Å². The van der Waals surface area contributed by atoms with Crippen LogP contribution in [-0.2, 0) is 30.4 Å². The Labute approximate surface area is 208 Å². The van der Waals surface area contributed by atoms with E-state index >= 15 is 0 Å². The van der Waals surface area contributed by atoms with Gasteiger partial charge in [0.1, 0.15) is 18.8 Å². The number of esters is 1. The normalized spacial score (nSPS) is 19.9. The molecule has 0 bridgehead atoms. The van der Waals surface area contributed by atoms with E-state index in [1.54, 1.807) is 21.4 Å². The molecule has 2 aliphatic heterocycles. The number of pyridine rings is 1. The molecule has 1 fully saturated rings. The van der Waals surface area contributed by atoms with E-state index in [0.29, 0.717) is 42.7 Å². The van der Waals surface area contributed by atoms with E-state index in [4.69, 9.17) is 14.6 Å². The molecule has 3 heterocycles. The first-order valence-electron chi connectivity index (χ1n) is 12.0. The number of rotatable bonds is 7. The molecule has 2 aliphatic rings. The number of carbonyl (C=O) groups excluding carboxylic acids is 3. The summed E-state index contributed by atoms with van der Waals surface area (Å²) in [6, 6.07) is 6.49. The van der Waals surface area contributed by atoms with E-state index in [2.05, 4.69) is 5.32 Å². The summed E-state index contributed by atoms with van der Waals surface area (Å²) in [5.41, 5.74) is 1.37. The molecule has 0 spiro atoms. The van der Waals surface area contributed by atoms with E-state index in [0.717, 1.165) is 5.39 Å². The number of aliphatic hydroxyl groups excluding tert-OH is 1. The number of hydrogen-bond donors (Lipinski definition) is 2. The maximum absolute atomic E-state index is 13.7. The van der Waals surface area contributed by atoms with Crippen LogP contribution in [0.25, 0.3) is 10.9 Å². The summed E-state index contributed by atoms with van der Waals surface area (Å²) in [5, 5.41) is 12.9. The number of likely N-dealkylation sites (N-methyl/N-ethyl adjacent to an activating group) is 1. The minimum Gasteiger partial charge on any atom is -0.469 e. The zero-order chi connectivity index (χ0) is 26.0. The average Bonchev–Trinajstić information content (AvgIpc) is 3.20. The maximum atomic E-state index is 13.7. The van der Waals surface area contributed by atoms with Gasteiger partial charge in [0.2, 0.25) is 11.8 Å². The van der Waals surface area contributed by atoms with Crippen molar-refractivity contribution in [2.75, 3.05) is 45.9 Å². The molecule has 2 aromatic rings. The number of benzene rings is 1. The lowest BCUT2D eigenvalue weighted by Crippen LogP contribution is -2.52. The molecule has 11 heteroatoms. The van der Waals surface area contributed by atoms with E-state index < -0.39 is 24.7 Å². The number of hydrogen-bond acceptors (Lipinski definition) is 8. The lowest BCUT2D eigenvalue weighted by molar-refractivity contribution is -0.141. The van der Waals surface area contributed by atoms with Gasteiger partial charge in [0.25, 0.3) is 5.56 Å². The largest absolute Gasteiger partial charge is 0.469 e. The number of anilines is 1. The molecule has 1 aromatic heterocycles. The van der Waals surface area contributed by atoms with Gasteiger partial charge in [0.15, 0.2) is 0 Å². The van der Waals surface area contributed by atoms with Crippen LogP contribution in [0.15, 0.2) is 29.1 Å². The number of aliphatic hydroxyl groups is 1. The minimum atomic E-state index is -0.803. The Hall–Kier alpha value is -3.44. The first-order valence-corrected chi connectivity index (χ1v) is 12.0. The lowest BCUT2D eigenvalue weighted by Gasteiger charge is -2.34. The number of aryl methyl sites for hydroxylation is 1. The molecule has 0 saturated carbocycles. The average molecular weight is 501 g/mol. The quantitative estimate of drug-likeness (QED) is 0.515. The van der Waals surface area contributed by atoms with Crippen molar-refractivity contribution in [2.24, 2.45) is 0 Å². The Morgan fingerprint density at radius 2 is 1.83 bits per heavy atom. The lowest BCUT2D eigenvalue weighted by atomic mass is 10.0. The highest BCUT2D eigenvalue weighted by molar-refractivity contribution is 5.99. The summed E-state index contributed by atoms with van der Waals surface area (Å²) in [6.07, 6.45) is 0.375. The van der Waals surface area contributed by atoms with Gasteiger partial charge in [-0.05, 0) is 18.9 Å². The first-order chi connectivity index (χ1) is 17.3. The molecule has 2 atom stereocenters. The van der Waals surface area contributed by atoms with Crippen LogP contribution in [0.3, 0.4) is 0 Å². The van der Waals surface area contributed by atoms with Crippen LogP contribution in [-0.4, -0.2) is 85.4 Å². The predicted molar refractivity (Wildman–Crippen MR) is 132 cm³/mol. The summed E-state index contributed by atoms with van der Waals surface area (Å²) in [6.45, 7) is 0.521. The molecule has 2 N–H and O–H groups in total. The van der Waals surface area contributed by atoms with Gasteiger partial charge in [0.05, 0.1) is 30.3 Å². The highest BCUT2D eigenvalue weighted by atomic mass is 16.5. The van der Waals surface area contributed by atoms with Crippen molar-refractivity contribution < 1.29 is 29.0 Å². The van der Waals surface area contributed by atoms with Crippen LogP contribution in [0.4, 0.5) is 5.69 Å². The van der Waals surface area contributed by atoms with Crippen LogP contribution in [0, 0.1) is 0 Å². The zero-order valence-corrected chi connectivity index (χ0v) is 20.7. The Balaban J connectivity index is 1.64. The molecule has 194 valence electrons. The van der Waals surface area contributed by atoms with Crippen molar-refractivity contribution in [3.8, 4) is 0 Å². The Kier molecular flexibility index (Phi) is 7.60. The van der Waals surface area contributed by atoms with Gasteiger partial charge in [-0.2, -0.15) is 0 Å². The number of piperidine rings is 1. The Morgan fingerprint density at radius 3 is 2.47 bits per heavy atom. The number of fused-ring (bicyclic) bond motifs is 3. The van der Waals surface area contributed by atoms with E-state index in [1.807, 2.05) is 24.3 Å². The fourth-order valence-corrected chi connectivity index (χ4v) is 5.29. The first kappa shape index (κ1) is 25.6. The van der Waals surface area contributed by atoms with Gasteiger partial charge in [-0.3, -0.25) is 19.2 Å². The molecule has 2 unspecified atom stereocenters. The molecule has 4 rings (SSSR count). The summed E-state index contributed by atoms with van der Waals surface area (Å²) >= 11 is 0. The van der Waals surface area contributed by atoms with Crippen molar-refractivity contribution in [1.29, 1.82) is 0 Å². The molecular weight excluding hydrogens is 468 g/mol. The number of amides is 2. The second kappa shape index (κ2) is 10.7. The zero-order valence-electron chi connectivity index (χ0n) is 20.7. The topological polar surface area (TPSA) is 130 Å². The maximum Gasteiger partial charge on any atom is 0.307 e. The van der Waals surface area contributed by atoms with Crippen molar-refractivity contribution >= 4 is 34.4 Å². The number of likely N-dealkylation sites (tertiary alicyclic amines) is 1. The van der Waals surface area contributed by atoms with Gasteiger partial charge in [0, 0.05) is 45.2 Å². The molecule has 1 saturated heterocycles. The van der Waals surface area contributed by atoms with Crippen LogP contribution in [0.5, 0.6) is 0 Å². The number of nitrogens with one attached hydrogen (secondary N) is 1. The summed E-state index contributed by atoms with van der Waals surface area (Å²) in [4.78, 5) is 54.1.